The zero-order chi connectivity index (χ0) is 17.1. The molecular weight excluding hydrogens is 273 g/mol. The van der Waals surface area contributed by atoms with Gasteiger partial charge in [0, 0.05) is 18.0 Å². The third-order valence-corrected chi connectivity index (χ3v) is 2.88. The van der Waals surface area contributed by atoms with Crippen molar-refractivity contribution in [1.29, 1.82) is 0 Å². The Labute approximate surface area is 148 Å². The van der Waals surface area contributed by atoms with Crippen LogP contribution in [0.25, 0.3) is 0 Å². The summed E-state index contributed by atoms with van der Waals surface area (Å²) in [4.78, 5) is 23.0. The predicted molar refractivity (Wildman–Crippen MR) is 87.0 cm³/mol. The van der Waals surface area contributed by atoms with Crippen LogP contribution in [0.5, 0.6) is 0 Å². The Hall–Kier alpha value is -0.723. The molecule has 0 heterocycles. The van der Waals surface area contributed by atoms with Crippen molar-refractivity contribution in [3.05, 3.63) is 26.1 Å². The van der Waals surface area contributed by atoms with Gasteiger partial charge in [-0.25, -0.2) is 0 Å². The largest absolute Gasteiger partial charge is 1.00 e. The van der Waals surface area contributed by atoms with E-state index >= 15 is 0 Å². The second kappa shape index (κ2) is 13.9. The molecule has 0 aromatic heterocycles. The number of allylic oxidation sites excluding steroid dienone is 1. The molecular formula is C17H30LiNO3-2. The molecule has 0 aromatic carbocycles. The number of carbonyl (C=O) groups excluding carboxylic acids is 2. The van der Waals surface area contributed by atoms with Crippen LogP contribution >= 0.6 is 0 Å². The zero-order valence-corrected chi connectivity index (χ0v) is 15.2. The SMILES string of the molecule is C=C(CC(=O)C(C)CC)N(C[CH2-])C[CH2-].CC(C)(C)O[C-]=O.[Li+]. The van der Waals surface area contributed by atoms with E-state index in [0.717, 1.165) is 12.1 Å². The topological polar surface area (TPSA) is 46.6 Å². The minimum Gasteiger partial charge on any atom is -0.649 e. The van der Waals surface area contributed by atoms with E-state index in [1.165, 1.54) is 6.47 Å². The molecule has 124 valence electrons. The maximum atomic E-state index is 11.6. The molecule has 0 aliphatic heterocycles. The first-order valence-electron chi connectivity index (χ1n) is 7.21. The minimum absolute atomic E-state index is 0. The van der Waals surface area contributed by atoms with E-state index in [0.29, 0.717) is 19.5 Å². The average molecular weight is 303 g/mol. The summed E-state index contributed by atoms with van der Waals surface area (Å²) in [6, 6.07) is 0. The van der Waals surface area contributed by atoms with Gasteiger partial charge in [0.05, 0.1) is 5.60 Å². The standard InChI is InChI=1S/C12H21NO.C5H9O2.Li/c1-6-10(4)12(14)9-11(5)13(7-2)8-3;1-5(2,3)7-4-6;/h10H,2-3,5-9H2,1,4H3;1-3H3;/q-2;-1;+1. The molecule has 0 rings (SSSR count). The van der Waals surface area contributed by atoms with Gasteiger partial charge in [0.25, 0.3) is 0 Å². The summed E-state index contributed by atoms with van der Waals surface area (Å²) in [6.45, 7) is 23.3. The Kier molecular flexibility index (Phi) is 16.6. The van der Waals surface area contributed by atoms with Gasteiger partial charge in [0.2, 0.25) is 0 Å². The molecule has 0 N–H and O–H groups in total. The number of hydrogen-bond acceptors (Lipinski definition) is 4. The van der Waals surface area contributed by atoms with Crippen molar-refractivity contribution in [3.63, 3.8) is 0 Å². The summed E-state index contributed by atoms with van der Waals surface area (Å²) in [6.07, 6.45) is 1.32. The minimum atomic E-state index is -0.373. The van der Waals surface area contributed by atoms with Gasteiger partial charge < -0.3 is 28.3 Å². The van der Waals surface area contributed by atoms with Crippen molar-refractivity contribution in [3.8, 4) is 0 Å². The molecule has 1 atom stereocenters. The smallest absolute Gasteiger partial charge is 0.649 e. The van der Waals surface area contributed by atoms with E-state index in [-0.39, 0.29) is 36.2 Å². The molecule has 0 saturated heterocycles. The van der Waals surface area contributed by atoms with Crippen molar-refractivity contribution in [2.45, 2.75) is 53.1 Å². The summed E-state index contributed by atoms with van der Waals surface area (Å²) in [5, 5.41) is 0. The summed E-state index contributed by atoms with van der Waals surface area (Å²) in [5.41, 5.74) is 0.460. The van der Waals surface area contributed by atoms with Crippen LogP contribution in [0.2, 0.25) is 0 Å². The second-order valence-corrected chi connectivity index (χ2v) is 5.80. The van der Waals surface area contributed by atoms with Crippen molar-refractivity contribution < 1.29 is 33.2 Å². The Morgan fingerprint density at radius 1 is 1.32 bits per heavy atom. The molecule has 0 aromatic rings. The molecule has 0 amide bonds. The third kappa shape index (κ3) is 14.2. The zero-order valence-electron chi connectivity index (χ0n) is 15.2. The first-order valence-corrected chi connectivity index (χ1v) is 7.21. The Morgan fingerprint density at radius 3 is 2.00 bits per heavy atom. The molecule has 4 nitrogen and oxygen atoms in total. The predicted octanol–water partition coefficient (Wildman–Crippen LogP) is 0.348. The summed E-state index contributed by atoms with van der Waals surface area (Å²) >= 11 is 0. The fraction of sp³-hybridized carbons (Fsp3) is 0.647. The van der Waals surface area contributed by atoms with Crippen molar-refractivity contribution in [2.24, 2.45) is 5.92 Å². The fourth-order valence-corrected chi connectivity index (χ4v) is 1.27. The van der Waals surface area contributed by atoms with Gasteiger partial charge in [-0.15, -0.1) is 13.1 Å². The van der Waals surface area contributed by atoms with Crippen LogP contribution in [0.15, 0.2) is 12.3 Å². The Morgan fingerprint density at radius 2 is 1.77 bits per heavy atom. The molecule has 0 saturated carbocycles. The van der Waals surface area contributed by atoms with Crippen LogP contribution < -0.4 is 18.9 Å². The van der Waals surface area contributed by atoms with Crippen LogP contribution in [0.3, 0.4) is 0 Å². The average Bonchev–Trinajstić information content (AvgIpc) is 2.38. The van der Waals surface area contributed by atoms with Gasteiger partial charge in [-0.1, -0.05) is 26.9 Å². The number of hydrogen-bond donors (Lipinski definition) is 0. The van der Waals surface area contributed by atoms with Gasteiger partial charge in [-0.05, 0) is 27.2 Å². The Balaban J connectivity index is -0.000000385. The van der Waals surface area contributed by atoms with E-state index in [1.54, 1.807) is 20.8 Å². The van der Waals surface area contributed by atoms with Crippen LogP contribution in [-0.4, -0.2) is 35.8 Å². The van der Waals surface area contributed by atoms with E-state index in [1.807, 2.05) is 18.7 Å². The van der Waals surface area contributed by atoms with E-state index < -0.39 is 0 Å². The quantitative estimate of drug-likeness (QED) is 0.479. The molecule has 0 aliphatic carbocycles. The number of carbonyl (C=O) groups is 1. The molecule has 0 fully saturated rings. The molecule has 0 radical (unpaired) electrons. The number of nitrogens with zero attached hydrogens (tertiary/aromatic N) is 1. The van der Waals surface area contributed by atoms with Gasteiger partial charge in [-0.3, -0.25) is 4.79 Å². The molecule has 1 unspecified atom stereocenters. The van der Waals surface area contributed by atoms with Crippen molar-refractivity contribution in [1.82, 2.24) is 4.90 Å². The summed E-state index contributed by atoms with van der Waals surface area (Å²) in [5.74, 6) is 0.382. The molecule has 0 spiro atoms. The van der Waals surface area contributed by atoms with E-state index in [2.05, 4.69) is 25.2 Å². The van der Waals surface area contributed by atoms with Gasteiger partial charge >= 0.3 is 18.9 Å². The van der Waals surface area contributed by atoms with E-state index in [4.69, 9.17) is 0 Å². The summed E-state index contributed by atoms with van der Waals surface area (Å²) < 4.78 is 4.42. The van der Waals surface area contributed by atoms with Crippen molar-refractivity contribution >= 4 is 12.3 Å². The normalized spacial score (nSPS) is 11.2. The molecule has 22 heavy (non-hydrogen) atoms. The maximum Gasteiger partial charge on any atom is 1.00 e. The van der Waals surface area contributed by atoms with Crippen LogP contribution in [0.4, 0.5) is 0 Å². The second-order valence-electron chi connectivity index (χ2n) is 5.80. The number of Topliss-reactive ketones (excluding diaryl/α,β-unsaturated/α-hetero) is 1. The van der Waals surface area contributed by atoms with Gasteiger partial charge in [0.15, 0.2) is 0 Å². The summed E-state index contributed by atoms with van der Waals surface area (Å²) in [7, 11) is 0. The number of rotatable bonds is 8. The van der Waals surface area contributed by atoms with Crippen molar-refractivity contribution in [2.75, 3.05) is 13.1 Å². The molecule has 5 heteroatoms. The van der Waals surface area contributed by atoms with E-state index in [9.17, 15) is 9.59 Å². The van der Waals surface area contributed by atoms with Crippen LogP contribution in [0, 0.1) is 19.8 Å². The monoisotopic (exact) mass is 303 g/mol. The molecule has 0 bridgehead atoms. The molecule has 0 aliphatic rings. The fourth-order valence-electron chi connectivity index (χ4n) is 1.27. The first kappa shape index (κ1) is 26.2. The first-order chi connectivity index (χ1) is 9.62. The number of ether oxygens (including phenoxy) is 1. The van der Waals surface area contributed by atoms with Gasteiger partial charge in [-0.2, -0.15) is 0 Å². The van der Waals surface area contributed by atoms with Gasteiger partial charge in [0.1, 0.15) is 5.78 Å². The number of ketones is 1. The third-order valence-electron chi connectivity index (χ3n) is 2.88. The van der Waals surface area contributed by atoms with Crippen LogP contribution in [0.1, 0.15) is 47.5 Å². The van der Waals surface area contributed by atoms with Crippen LogP contribution in [-0.2, 0) is 14.3 Å². The maximum absolute atomic E-state index is 11.6. The Bertz CT molecular complexity index is 320.